The van der Waals surface area contributed by atoms with Crippen LogP contribution < -0.4 is 5.32 Å². The Morgan fingerprint density at radius 3 is 2.74 bits per heavy atom. The Morgan fingerprint density at radius 2 is 1.85 bits per heavy atom. The van der Waals surface area contributed by atoms with Gasteiger partial charge in [0.25, 0.3) is 0 Å². The van der Waals surface area contributed by atoms with Crippen LogP contribution in [0, 0.1) is 0 Å². The monoisotopic (exact) mass is 361 g/mol. The van der Waals surface area contributed by atoms with Crippen LogP contribution in [-0.4, -0.2) is 47.5 Å². The number of carbonyl (C=O) groups excluding carboxylic acids is 1. The number of nitrogens with zero attached hydrogens (tertiary/aromatic N) is 2. The summed E-state index contributed by atoms with van der Waals surface area (Å²) in [5.41, 5.74) is 6.24. The Bertz CT molecular complexity index is 878. The summed E-state index contributed by atoms with van der Waals surface area (Å²) in [5.74, 6) is 0. The van der Waals surface area contributed by atoms with Crippen molar-refractivity contribution in [2.24, 2.45) is 0 Å². The number of likely N-dealkylation sites (tertiary alicyclic amines) is 1. The van der Waals surface area contributed by atoms with Crippen molar-refractivity contribution in [3.8, 4) is 11.1 Å². The second-order valence-corrected chi connectivity index (χ2v) is 8.11. The van der Waals surface area contributed by atoms with Gasteiger partial charge in [-0.1, -0.05) is 37.3 Å². The summed E-state index contributed by atoms with van der Waals surface area (Å²) >= 11 is 0. The molecule has 2 aromatic rings. The number of fused-ring (bicyclic) bond motifs is 5. The fourth-order valence-electron chi connectivity index (χ4n) is 5.17. The number of likely N-dealkylation sites (N-methyl/N-ethyl adjacent to an activating group) is 1. The van der Waals surface area contributed by atoms with Gasteiger partial charge in [0.05, 0.1) is 0 Å². The quantitative estimate of drug-likeness (QED) is 0.737. The van der Waals surface area contributed by atoms with E-state index in [1.165, 1.54) is 22.3 Å². The van der Waals surface area contributed by atoms with Gasteiger partial charge in [-0.25, -0.2) is 4.79 Å². The molecule has 4 heteroatoms. The normalized spacial score (nSPS) is 23.7. The molecule has 2 heterocycles. The number of rotatable bonds is 2. The molecule has 1 N–H and O–H groups in total. The third kappa shape index (κ3) is 2.92. The fraction of sp³-hybridized carbons (Fsp3) is 0.435. The maximum absolute atomic E-state index is 13.1. The van der Waals surface area contributed by atoms with E-state index < -0.39 is 0 Å². The molecular formula is C23H27N3O. The van der Waals surface area contributed by atoms with E-state index >= 15 is 0 Å². The standard InChI is InChI=1S/C23H27N3O/c1-2-25-12-11-19-8-9-20(15-25)26(19)23(27)24-18-7-10-22-17(14-18)13-16-5-3-4-6-21(16)22/h3-7,10,14,19-20H,2,8-9,11-13,15H2,1H3,(H,24,27). The van der Waals surface area contributed by atoms with Crippen LogP contribution in [0.2, 0.25) is 0 Å². The Labute approximate surface area is 161 Å². The zero-order valence-corrected chi connectivity index (χ0v) is 15.9. The number of benzene rings is 2. The molecule has 2 bridgehead atoms. The molecule has 140 valence electrons. The van der Waals surface area contributed by atoms with E-state index in [1.54, 1.807) is 0 Å². The summed E-state index contributed by atoms with van der Waals surface area (Å²) in [6.07, 6.45) is 4.33. The second kappa shape index (κ2) is 6.68. The lowest BCUT2D eigenvalue weighted by molar-refractivity contribution is 0.184. The highest BCUT2D eigenvalue weighted by molar-refractivity contribution is 5.91. The summed E-state index contributed by atoms with van der Waals surface area (Å²) in [6.45, 7) is 5.41. The average Bonchev–Trinajstić information content (AvgIpc) is 3.18. The smallest absolute Gasteiger partial charge is 0.317 e. The fourth-order valence-corrected chi connectivity index (χ4v) is 5.17. The van der Waals surface area contributed by atoms with E-state index in [1.807, 2.05) is 0 Å². The molecule has 4 nitrogen and oxygen atoms in total. The highest BCUT2D eigenvalue weighted by Gasteiger charge is 2.39. The van der Waals surface area contributed by atoms with Crippen molar-refractivity contribution in [3.05, 3.63) is 53.6 Å². The zero-order chi connectivity index (χ0) is 18.4. The number of hydrogen-bond donors (Lipinski definition) is 1. The van der Waals surface area contributed by atoms with Crippen LogP contribution in [0.1, 0.15) is 37.3 Å². The Kier molecular flexibility index (Phi) is 4.16. The Morgan fingerprint density at radius 1 is 1.04 bits per heavy atom. The zero-order valence-electron chi connectivity index (χ0n) is 15.9. The lowest BCUT2D eigenvalue weighted by Gasteiger charge is -2.29. The molecule has 0 saturated carbocycles. The van der Waals surface area contributed by atoms with Crippen LogP contribution in [0.3, 0.4) is 0 Å². The van der Waals surface area contributed by atoms with Gasteiger partial charge in [0.2, 0.25) is 0 Å². The third-order valence-electron chi connectivity index (χ3n) is 6.59. The van der Waals surface area contributed by atoms with Gasteiger partial charge in [0.1, 0.15) is 0 Å². The Balaban J connectivity index is 1.34. The minimum absolute atomic E-state index is 0.0796. The first kappa shape index (κ1) is 16.8. The molecule has 2 saturated heterocycles. The van der Waals surface area contributed by atoms with Crippen molar-refractivity contribution in [3.63, 3.8) is 0 Å². The van der Waals surface area contributed by atoms with Crippen molar-refractivity contribution in [2.45, 2.75) is 44.7 Å². The molecule has 2 amide bonds. The van der Waals surface area contributed by atoms with Gasteiger partial charge in [-0.3, -0.25) is 0 Å². The predicted molar refractivity (Wildman–Crippen MR) is 109 cm³/mol. The molecule has 1 aliphatic carbocycles. The average molecular weight is 361 g/mol. The van der Waals surface area contributed by atoms with Crippen LogP contribution >= 0.6 is 0 Å². The van der Waals surface area contributed by atoms with Crippen LogP contribution in [0.25, 0.3) is 11.1 Å². The molecule has 3 aliphatic rings. The number of hydrogen-bond acceptors (Lipinski definition) is 2. The molecule has 2 aliphatic heterocycles. The van der Waals surface area contributed by atoms with Gasteiger partial charge in [0.15, 0.2) is 0 Å². The largest absolute Gasteiger partial charge is 0.322 e. The van der Waals surface area contributed by atoms with E-state index in [0.717, 1.165) is 51.0 Å². The highest BCUT2D eigenvalue weighted by atomic mass is 16.2. The first-order valence-corrected chi connectivity index (χ1v) is 10.3. The van der Waals surface area contributed by atoms with Gasteiger partial charge in [0, 0.05) is 30.9 Å². The number of amides is 2. The first-order valence-electron chi connectivity index (χ1n) is 10.3. The highest BCUT2D eigenvalue weighted by Crippen LogP contribution is 2.38. The molecule has 0 aromatic heterocycles. The number of anilines is 1. The van der Waals surface area contributed by atoms with E-state index in [-0.39, 0.29) is 6.03 Å². The van der Waals surface area contributed by atoms with Crippen molar-refractivity contribution in [1.82, 2.24) is 9.80 Å². The first-order chi connectivity index (χ1) is 13.2. The molecule has 5 rings (SSSR count). The summed E-state index contributed by atoms with van der Waals surface area (Å²) < 4.78 is 0. The summed E-state index contributed by atoms with van der Waals surface area (Å²) in [7, 11) is 0. The molecule has 0 spiro atoms. The van der Waals surface area contributed by atoms with E-state index in [9.17, 15) is 4.79 Å². The van der Waals surface area contributed by atoms with Gasteiger partial charge >= 0.3 is 6.03 Å². The maximum atomic E-state index is 13.1. The SMILES string of the molecule is CCN1CCC2CCC(C1)N2C(=O)Nc1ccc2c(c1)Cc1ccccc1-2. The number of carbonyl (C=O) groups is 1. The van der Waals surface area contributed by atoms with Crippen LogP contribution in [0.4, 0.5) is 10.5 Å². The van der Waals surface area contributed by atoms with Crippen molar-refractivity contribution in [1.29, 1.82) is 0 Å². The van der Waals surface area contributed by atoms with Crippen molar-refractivity contribution < 1.29 is 4.79 Å². The maximum Gasteiger partial charge on any atom is 0.322 e. The molecule has 2 atom stereocenters. The van der Waals surface area contributed by atoms with Crippen molar-refractivity contribution in [2.75, 3.05) is 25.0 Å². The molecule has 2 unspecified atom stereocenters. The van der Waals surface area contributed by atoms with Gasteiger partial charge in [-0.2, -0.15) is 0 Å². The minimum atomic E-state index is 0.0796. The third-order valence-corrected chi connectivity index (χ3v) is 6.59. The molecule has 0 radical (unpaired) electrons. The van der Waals surface area contributed by atoms with E-state index in [0.29, 0.717) is 12.1 Å². The number of nitrogens with one attached hydrogen (secondary N) is 1. The molecular weight excluding hydrogens is 334 g/mol. The van der Waals surface area contributed by atoms with Crippen LogP contribution in [0.5, 0.6) is 0 Å². The van der Waals surface area contributed by atoms with Crippen LogP contribution in [-0.2, 0) is 6.42 Å². The molecule has 2 fully saturated rings. The van der Waals surface area contributed by atoms with Crippen LogP contribution in [0.15, 0.2) is 42.5 Å². The summed E-state index contributed by atoms with van der Waals surface area (Å²) in [4.78, 5) is 17.7. The summed E-state index contributed by atoms with van der Waals surface area (Å²) in [5, 5.41) is 3.20. The minimum Gasteiger partial charge on any atom is -0.317 e. The number of urea groups is 1. The molecule has 2 aromatic carbocycles. The second-order valence-electron chi connectivity index (χ2n) is 8.11. The lowest BCUT2D eigenvalue weighted by atomic mass is 10.1. The Hall–Kier alpha value is -2.33. The van der Waals surface area contributed by atoms with Gasteiger partial charge < -0.3 is 15.1 Å². The van der Waals surface area contributed by atoms with E-state index in [2.05, 4.69) is 64.5 Å². The topological polar surface area (TPSA) is 35.6 Å². The molecule has 27 heavy (non-hydrogen) atoms. The van der Waals surface area contributed by atoms with Gasteiger partial charge in [-0.05, 0) is 66.6 Å². The predicted octanol–water partition coefficient (Wildman–Crippen LogP) is 4.35. The summed E-state index contributed by atoms with van der Waals surface area (Å²) in [6, 6.07) is 15.8. The van der Waals surface area contributed by atoms with E-state index in [4.69, 9.17) is 0 Å². The lowest BCUT2D eigenvalue weighted by Crippen LogP contribution is -2.45. The van der Waals surface area contributed by atoms with Gasteiger partial charge in [-0.15, -0.1) is 0 Å². The van der Waals surface area contributed by atoms with Crippen molar-refractivity contribution >= 4 is 11.7 Å².